The Balaban J connectivity index is 1.32. The number of carbonyl (C=O) groups is 1. The van der Waals surface area contributed by atoms with Gasteiger partial charge in [-0.1, -0.05) is 30.3 Å². The highest BCUT2D eigenvalue weighted by atomic mass is 16.6. The number of rotatable bonds is 5. The summed E-state index contributed by atoms with van der Waals surface area (Å²) in [7, 11) is 3.70. The fourth-order valence-corrected chi connectivity index (χ4v) is 4.45. The Morgan fingerprint density at radius 2 is 1.90 bits per heavy atom. The molecule has 7 heteroatoms. The van der Waals surface area contributed by atoms with E-state index in [1.165, 1.54) is 0 Å². The van der Waals surface area contributed by atoms with Gasteiger partial charge in [-0.3, -0.25) is 9.80 Å². The molecule has 1 amide bonds. The maximum Gasteiger partial charge on any atom is 0.410 e. The van der Waals surface area contributed by atoms with Gasteiger partial charge in [-0.15, -0.1) is 0 Å². The number of imidazole rings is 1. The molecule has 2 fully saturated rings. The molecule has 3 aromatic rings. The van der Waals surface area contributed by atoms with E-state index >= 15 is 0 Å². The summed E-state index contributed by atoms with van der Waals surface area (Å²) in [6, 6.07) is 16.0. The number of methoxy groups -OCH3 is 1. The van der Waals surface area contributed by atoms with E-state index in [0.29, 0.717) is 6.54 Å². The minimum atomic E-state index is -0.242. The standard InChI is InChI=1S/C22H24N4O3/c1-24-17-9-5-4-8-16(17)23-21(24)14-25-12-18-20(13-25)29-22(27)26(18)11-15-7-3-6-10-19(15)28-2/h3-10,18,20H,11-14H2,1-2H3/t18-,20+/m1/s1. The van der Waals surface area contributed by atoms with Gasteiger partial charge >= 0.3 is 6.09 Å². The molecular formula is C22H24N4O3. The van der Waals surface area contributed by atoms with Crippen molar-refractivity contribution in [2.75, 3.05) is 20.2 Å². The van der Waals surface area contributed by atoms with E-state index in [1.54, 1.807) is 7.11 Å². The smallest absolute Gasteiger partial charge is 0.410 e. The summed E-state index contributed by atoms with van der Waals surface area (Å²) in [5.41, 5.74) is 3.13. The minimum Gasteiger partial charge on any atom is -0.496 e. The Morgan fingerprint density at radius 3 is 2.72 bits per heavy atom. The fraction of sp³-hybridized carbons (Fsp3) is 0.364. The molecule has 7 nitrogen and oxygen atoms in total. The first-order chi connectivity index (χ1) is 14.1. The van der Waals surface area contributed by atoms with E-state index in [1.807, 2.05) is 47.4 Å². The number of nitrogens with zero attached hydrogens (tertiary/aromatic N) is 4. The molecule has 2 aromatic carbocycles. The first kappa shape index (κ1) is 18.0. The van der Waals surface area contributed by atoms with Crippen LogP contribution in [0.1, 0.15) is 11.4 Å². The Kier molecular flexibility index (Phi) is 4.39. The van der Waals surface area contributed by atoms with Gasteiger partial charge in [0.2, 0.25) is 0 Å². The Bertz CT molecular complexity index is 1060. The average Bonchev–Trinajstić information content (AvgIpc) is 3.35. The topological polar surface area (TPSA) is 59.8 Å². The van der Waals surface area contributed by atoms with Crippen LogP contribution in [0.5, 0.6) is 5.75 Å². The molecule has 5 rings (SSSR count). The third kappa shape index (κ3) is 3.11. The van der Waals surface area contributed by atoms with Gasteiger partial charge in [0, 0.05) is 25.7 Å². The van der Waals surface area contributed by atoms with Crippen LogP contribution in [0, 0.1) is 0 Å². The Morgan fingerprint density at radius 1 is 1.10 bits per heavy atom. The lowest BCUT2D eigenvalue weighted by atomic mass is 10.1. The van der Waals surface area contributed by atoms with E-state index in [2.05, 4.69) is 22.6 Å². The number of fused-ring (bicyclic) bond motifs is 2. The van der Waals surface area contributed by atoms with Crippen molar-refractivity contribution in [3.63, 3.8) is 0 Å². The number of hydrogen-bond donors (Lipinski definition) is 0. The molecule has 2 aliphatic rings. The highest BCUT2D eigenvalue weighted by molar-refractivity contribution is 5.75. The van der Waals surface area contributed by atoms with Gasteiger partial charge in [-0.05, 0) is 18.2 Å². The minimum absolute atomic E-state index is 0.0436. The number of amides is 1. The molecule has 0 radical (unpaired) electrons. The lowest BCUT2D eigenvalue weighted by Gasteiger charge is -2.23. The number of para-hydroxylation sites is 3. The summed E-state index contributed by atoms with van der Waals surface area (Å²) in [4.78, 5) is 21.4. The molecule has 150 valence electrons. The molecule has 0 aliphatic carbocycles. The van der Waals surface area contributed by atoms with Gasteiger partial charge in [0.15, 0.2) is 0 Å². The van der Waals surface area contributed by atoms with E-state index in [9.17, 15) is 4.79 Å². The molecule has 0 unspecified atom stereocenters. The van der Waals surface area contributed by atoms with Crippen LogP contribution in [0.4, 0.5) is 4.79 Å². The van der Waals surface area contributed by atoms with Crippen LogP contribution in [0.3, 0.4) is 0 Å². The summed E-state index contributed by atoms with van der Waals surface area (Å²) < 4.78 is 13.3. The van der Waals surface area contributed by atoms with Crippen LogP contribution >= 0.6 is 0 Å². The number of benzene rings is 2. The molecule has 0 spiro atoms. The third-order valence-corrected chi connectivity index (χ3v) is 5.98. The van der Waals surface area contributed by atoms with Crippen LogP contribution < -0.4 is 4.74 Å². The Hall–Kier alpha value is -3.06. The first-order valence-corrected chi connectivity index (χ1v) is 9.86. The number of ether oxygens (including phenoxy) is 2. The van der Waals surface area contributed by atoms with Crippen LogP contribution in [-0.4, -0.2) is 57.8 Å². The van der Waals surface area contributed by atoms with E-state index in [4.69, 9.17) is 14.5 Å². The zero-order valence-corrected chi connectivity index (χ0v) is 16.6. The van der Waals surface area contributed by atoms with Crippen molar-refractivity contribution < 1.29 is 14.3 Å². The summed E-state index contributed by atoms with van der Waals surface area (Å²) in [6.45, 7) is 2.72. The fourth-order valence-electron chi connectivity index (χ4n) is 4.45. The molecule has 2 saturated heterocycles. The van der Waals surface area contributed by atoms with Crippen LogP contribution in [-0.2, 0) is 24.9 Å². The first-order valence-electron chi connectivity index (χ1n) is 9.86. The normalized spacial score (nSPS) is 21.6. The molecule has 3 heterocycles. The van der Waals surface area contributed by atoms with Gasteiger partial charge in [0.05, 0.1) is 37.3 Å². The summed E-state index contributed by atoms with van der Waals surface area (Å²) in [5, 5.41) is 0. The molecule has 0 saturated carbocycles. The van der Waals surface area contributed by atoms with Crippen molar-refractivity contribution in [2.45, 2.75) is 25.2 Å². The molecule has 0 bridgehead atoms. The summed E-state index contributed by atoms with van der Waals surface area (Å²) in [6.07, 6.45) is -0.347. The monoisotopic (exact) mass is 392 g/mol. The van der Waals surface area contributed by atoms with E-state index in [0.717, 1.165) is 47.8 Å². The second-order valence-corrected chi connectivity index (χ2v) is 7.70. The van der Waals surface area contributed by atoms with Crippen molar-refractivity contribution >= 4 is 17.1 Å². The molecule has 0 N–H and O–H groups in total. The maximum atomic E-state index is 12.5. The molecule has 1 aromatic heterocycles. The SMILES string of the molecule is COc1ccccc1CN1C(=O)O[C@H]2CN(Cc3nc4ccccc4n3C)C[C@H]21. The highest BCUT2D eigenvalue weighted by Gasteiger charge is 2.47. The number of hydrogen-bond acceptors (Lipinski definition) is 5. The van der Waals surface area contributed by atoms with Crippen LogP contribution in [0.2, 0.25) is 0 Å². The highest BCUT2D eigenvalue weighted by Crippen LogP contribution is 2.31. The van der Waals surface area contributed by atoms with Crippen molar-refractivity contribution in [3.05, 3.63) is 59.9 Å². The maximum absolute atomic E-state index is 12.5. The summed E-state index contributed by atoms with van der Waals surface area (Å²) in [5.74, 6) is 1.81. The van der Waals surface area contributed by atoms with Crippen molar-refractivity contribution in [1.82, 2.24) is 19.4 Å². The average molecular weight is 392 g/mol. The lowest BCUT2D eigenvalue weighted by molar-refractivity contribution is 0.118. The lowest BCUT2D eigenvalue weighted by Crippen LogP contribution is -2.37. The zero-order chi connectivity index (χ0) is 20.0. The quantitative estimate of drug-likeness (QED) is 0.668. The molecular weight excluding hydrogens is 368 g/mol. The Labute approximate surface area is 169 Å². The van der Waals surface area contributed by atoms with Crippen LogP contribution in [0.25, 0.3) is 11.0 Å². The van der Waals surface area contributed by atoms with Crippen molar-refractivity contribution in [2.24, 2.45) is 7.05 Å². The van der Waals surface area contributed by atoms with Gasteiger partial charge in [-0.2, -0.15) is 0 Å². The zero-order valence-electron chi connectivity index (χ0n) is 16.6. The molecule has 2 atom stereocenters. The predicted octanol–water partition coefficient (Wildman–Crippen LogP) is 2.79. The predicted molar refractivity (Wildman–Crippen MR) is 109 cm³/mol. The summed E-state index contributed by atoms with van der Waals surface area (Å²) >= 11 is 0. The van der Waals surface area contributed by atoms with Crippen molar-refractivity contribution in [1.29, 1.82) is 0 Å². The second kappa shape index (κ2) is 7.08. The number of aryl methyl sites for hydroxylation is 1. The van der Waals surface area contributed by atoms with E-state index < -0.39 is 0 Å². The number of carbonyl (C=O) groups excluding carboxylic acids is 1. The third-order valence-electron chi connectivity index (χ3n) is 5.98. The number of likely N-dealkylation sites (tertiary alicyclic amines) is 1. The second-order valence-electron chi connectivity index (χ2n) is 7.70. The van der Waals surface area contributed by atoms with Crippen molar-refractivity contribution in [3.8, 4) is 5.75 Å². The molecule has 2 aliphatic heterocycles. The van der Waals surface area contributed by atoms with E-state index in [-0.39, 0.29) is 18.2 Å². The molecule has 29 heavy (non-hydrogen) atoms. The largest absolute Gasteiger partial charge is 0.496 e. The number of aromatic nitrogens is 2. The van der Waals surface area contributed by atoms with Gasteiger partial charge < -0.3 is 14.0 Å². The van der Waals surface area contributed by atoms with Gasteiger partial charge in [0.1, 0.15) is 17.7 Å². The van der Waals surface area contributed by atoms with Crippen LogP contribution in [0.15, 0.2) is 48.5 Å². The van der Waals surface area contributed by atoms with Gasteiger partial charge in [-0.25, -0.2) is 9.78 Å². The van der Waals surface area contributed by atoms with Gasteiger partial charge in [0.25, 0.3) is 0 Å².